The number of nitrogens with two attached hydrogens (primary N) is 1. The van der Waals surface area contributed by atoms with Gasteiger partial charge in [0.25, 0.3) is 5.91 Å². The van der Waals surface area contributed by atoms with Crippen LogP contribution in [-0.4, -0.2) is 32.3 Å². The zero-order valence-corrected chi connectivity index (χ0v) is 15.4. The summed E-state index contributed by atoms with van der Waals surface area (Å²) in [4.78, 5) is 12.3. The number of anilines is 2. The third-order valence-electron chi connectivity index (χ3n) is 4.06. The van der Waals surface area contributed by atoms with E-state index >= 15 is 0 Å². The van der Waals surface area contributed by atoms with E-state index in [1.54, 1.807) is 49.6 Å². The van der Waals surface area contributed by atoms with E-state index in [2.05, 4.69) is 5.32 Å². The molecule has 1 heterocycles. The van der Waals surface area contributed by atoms with Gasteiger partial charge in [0.05, 0.1) is 18.9 Å². The summed E-state index contributed by atoms with van der Waals surface area (Å²) in [6.45, 7) is 1.35. The second-order valence-electron chi connectivity index (χ2n) is 5.88. The molecule has 1 atom stereocenters. The number of hydrogen-bond acceptors (Lipinski definition) is 5. The number of rotatable bonds is 6. The molecule has 1 unspecified atom stereocenters. The van der Waals surface area contributed by atoms with Crippen LogP contribution in [0.1, 0.15) is 23.2 Å². The maximum Gasteiger partial charge on any atom is 0.255 e. The molecule has 0 aromatic heterocycles. The number of carbonyl (C=O) groups excluding carboxylic acids is 1. The molecule has 0 bridgehead atoms. The average Bonchev–Trinajstić information content (AvgIpc) is 3.14. The molecule has 1 amide bonds. The highest BCUT2D eigenvalue weighted by molar-refractivity contribution is 6.04. The second-order valence-corrected chi connectivity index (χ2v) is 5.88. The van der Waals surface area contributed by atoms with Crippen LogP contribution >= 0.6 is 12.4 Å². The van der Waals surface area contributed by atoms with Gasteiger partial charge in [-0.25, -0.2) is 0 Å². The molecule has 3 N–H and O–H groups in total. The Morgan fingerprint density at radius 1 is 1.27 bits per heavy atom. The maximum absolute atomic E-state index is 12.3. The van der Waals surface area contributed by atoms with E-state index in [1.807, 2.05) is 0 Å². The highest BCUT2D eigenvalue weighted by atomic mass is 35.5. The van der Waals surface area contributed by atoms with Crippen molar-refractivity contribution in [1.82, 2.24) is 0 Å². The summed E-state index contributed by atoms with van der Waals surface area (Å²) in [6, 6.07) is 12.1. The first kappa shape index (κ1) is 19.9. The monoisotopic (exact) mass is 378 g/mol. The number of halogens is 1. The van der Waals surface area contributed by atoms with E-state index in [1.165, 1.54) is 0 Å². The Labute approximate surface area is 159 Å². The van der Waals surface area contributed by atoms with Crippen LogP contribution < -0.4 is 20.5 Å². The SMILES string of the molecule is COc1ccc(NC(=O)c2ccc(OCC3CCCO3)cc2)cc1N.Cl. The van der Waals surface area contributed by atoms with Gasteiger partial charge >= 0.3 is 0 Å². The van der Waals surface area contributed by atoms with Gasteiger partial charge in [-0.15, -0.1) is 12.4 Å². The van der Waals surface area contributed by atoms with E-state index in [0.29, 0.717) is 29.3 Å². The van der Waals surface area contributed by atoms with Crippen LogP contribution in [0.15, 0.2) is 42.5 Å². The molecule has 1 aliphatic heterocycles. The molecule has 26 heavy (non-hydrogen) atoms. The van der Waals surface area contributed by atoms with E-state index in [0.717, 1.165) is 25.2 Å². The quantitative estimate of drug-likeness (QED) is 0.751. The van der Waals surface area contributed by atoms with Gasteiger partial charge in [-0.3, -0.25) is 4.79 Å². The highest BCUT2D eigenvalue weighted by Crippen LogP contribution is 2.25. The van der Waals surface area contributed by atoms with Crippen molar-refractivity contribution in [3.8, 4) is 11.5 Å². The van der Waals surface area contributed by atoms with Gasteiger partial charge in [0.2, 0.25) is 0 Å². The fraction of sp³-hybridized carbons (Fsp3) is 0.316. The van der Waals surface area contributed by atoms with Crippen molar-refractivity contribution in [2.45, 2.75) is 18.9 Å². The van der Waals surface area contributed by atoms with Crippen molar-refractivity contribution in [1.29, 1.82) is 0 Å². The van der Waals surface area contributed by atoms with Gasteiger partial charge in [0.15, 0.2) is 0 Å². The molecule has 2 aromatic carbocycles. The van der Waals surface area contributed by atoms with Crippen LogP contribution in [0.4, 0.5) is 11.4 Å². The van der Waals surface area contributed by atoms with E-state index in [4.69, 9.17) is 19.9 Å². The van der Waals surface area contributed by atoms with Crippen molar-refractivity contribution in [3.05, 3.63) is 48.0 Å². The van der Waals surface area contributed by atoms with E-state index in [9.17, 15) is 4.79 Å². The first-order valence-electron chi connectivity index (χ1n) is 8.25. The number of nitrogens with one attached hydrogen (secondary N) is 1. The summed E-state index contributed by atoms with van der Waals surface area (Å²) in [6.07, 6.45) is 2.29. The number of amides is 1. The Morgan fingerprint density at radius 2 is 2.04 bits per heavy atom. The Hall–Kier alpha value is -2.44. The molecule has 0 saturated carbocycles. The fourth-order valence-corrected chi connectivity index (χ4v) is 2.68. The molecule has 6 nitrogen and oxygen atoms in total. The van der Waals surface area contributed by atoms with Crippen LogP contribution in [0.5, 0.6) is 11.5 Å². The van der Waals surface area contributed by atoms with Crippen molar-refractivity contribution in [2.24, 2.45) is 0 Å². The van der Waals surface area contributed by atoms with Gasteiger partial charge in [-0.2, -0.15) is 0 Å². The van der Waals surface area contributed by atoms with Crippen LogP contribution in [0.3, 0.4) is 0 Å². The number of hydrogen-bond donors (Lipinski definition) is 2. The smallest absolute Gasteiger partial charge is 0.255 e. The summed E-state index contributed by atoms with van der Waals surface area (Å²) in [5, 5.41) is 2.81. The van der Waals surface area contributed by atoms with E-state index in [-0.39, 0.29) is 24.4 Å². The summed E-state index contributed by atoms with van der Waals surface area (Å²) in [5.74, 6) is 1.08. The lowest BCUT2D eigenvalue weighted by Gasteiger charge is -2.12. The van der Waals surface area contributed by atoms with Gasteiger partial charge in [-0.05, 0) is 55.3 Å². The number of ether oxygens (including phenoxy) is 3. The number of carbonyl (C=O) groups is 1. The number of methoxy groups -OCH3 is 1. The Morgan fingerprint density at radius 3 is 2.65 bits per heavy atom. The van der Waals surface area contributed by atoms with Crippen LogP contribution in [0, 0.1) is 0 Å². The van der Waals surface area contributed by atoms with Crippen LogP contribution in [0.25, 0.3) is 0 Å². The molecule has 7 heteroatoms. The Kier molecular flexibility index (Phi) is 7.12. The minimum Gasteiger partial charge on any atom is -0.495 e. The molecule has 1 aliphatic rings. The molecule has 1 saturated heterocycles. The number of nitrogen functional groups attached to an aromatic ring is 1. The average molecular weight is 379 g/mol. The highest BCUT2D eigenvalue weighted by Gasteiger charge is 2.16. The Bertz CT molecular complexity index is 731. The maximum atomic E-state index is 12.3. The van der Waals surface area contributed by atoms with Crippen LogP contribution in [0.2, 0.25) is 0 Å². The molecule has 3 rings (SSSR count). The molecule has 0 aliphatic carbocycles. The summed E-state index contributed by atoms with van der Waals surface area (Å²) in [5.41, 5.74) is 7.47. The predicted octanol–water partition coefficient (Wildman–Crippen LogP) is 3.51. The van der Waals surface area contributed by atoms with Crippen molar-refractivity contribution in [2.75, 3.05) is 31.4 Å². The first-order valence-corrected chi connectivity index (χ1v) is 8.25. The van der Waals surface area contributed by atoms with Gasteiger partial charge in [-0.1, -0.05) is 0 Å². The molecule has 140 valence electrons. The van der Waals surface area contributed by atoms with Gasteiger partial charge < -0.3 is 25.3 Å². The largest absolute Gasteiger partial charge is 0.495 e. The predicted molar refractivity (Wildman–Crippen MR) is 104 cm³/mol. The third-order valence-corrected chi connectivity index (χ3v) is 4.06. The van der Waals surface area contributed by atoms with Gasteiger partial charge in [0.1, 0.15) is 18.1 Å². The van der Waals surface area contributed by atoms with Gasteiger partial charge in [0, 0.05) is 17.9 Å². The molecular formula is C19H23ClN2O4. The minimum absolute atomic E-state index is 0. The van der Waals surface area contributed by atoms with Crippen molar-refractivity contribution in [3.63, 3.8) is 0 Å². The lowest BCUT2D eigenvalue weighted by Crippen LogP contribution is -2.16. The summed E-state index contributed by atoms with van der Waals surface area (Å²) >= 11 is 0. The second kappa shape index (κ2) is 9.31. The normalized spacial score (nSPS) is 15.8. The lowest BCUT2D eigenvalue weighted by atomic mass is 10.2. The summed E-state index contributed by atoms with van der Waals surface area (Å²) in [7, 11) is 1.55. The first-order chi connectivity index (χ1) is 12.2. The molecule has 0 radical (unpaired) electrons. The molecule has 2 aromatic rings. The van der Waals surface area contributed by atoms with Crippen molar-refractivity contribution < 1.29 is 19.0 Å². The zero-order chi connectivity index (χ0) is 17.6. The summed E-state index contributed by atoms with van der Waals surface area (Å²) < 4.78 is 16.3. The Balaban J connectivity index is 0.00000243. The standard InChI is InChI=1S/C19H22N2O4.ClH/c1-23-18-9-6-14(11-17(18)20)21-19(22)13-4-7-15(8-5-13)25-12-16-3-2-10-24-16;/h4-9,11,16H,2-3,10,12,20H2,1H3,(H,21,22);1H. The lowest BCUT2D eigenvalue weighted by molar-refractivity contribution is 0.0679. The molecule has 0 spiro atoms. The third kappa shape index (κ3) is 5.03. The molecular weight excluding hydrogens is 356 g/mol. The molecule has 1 fully saturated rings. The minimum atomic E-state index is -0.213. The topological polar surface area (TPSA) is 82.8 Å². The zero-order valence-electron chi connectivity index (χ0n) is 14.6. The van der Waals surface area contributed by atoms with E-state index < -0.39 is 0 Å². The van der Waals surface area contributed by atoms with Crippen molar-refractivity contribution >= 4 is 29.7 Å². The number of benzene rings is 2. The fourth-order valence-electron chi connectivity index (χ4n) is 2.68. The van der Waals surface area contributed by atoms with Crippen LogP contribution in [-0.2, 0) is 4.74 Å².